The summed E-state index contributed by atoms with van der Waals surface area (Å²) in [6.07, 6.45) is 18.0. The first kappa shape index (κ1) is 25.4. The van der Waals surface area contributed by atoms with Crippen LogP contribution < -0.4 is 0 Å². The molecule has 0 spiro atoms. The lowest BCUT2D eigenvalue weighted by molar-refractivity contribution is -0.140. The number of hydrogen-bond donors (Lipinski definition) is 0. The second-order valence-electron chi connectivity index (χ2n) is 5.57. The molecule has 130 valence electrons. The molecule has 0 atom stereocenters. The maximum atomic E-state index is 10.9. The average molecular weight is 303 g/mol. The minimum atomic E-state index is -0.0666. The van der Waals surface area contributed by atoms with Crippen molar-refractivity contribution in [3.8, 4) is 0 Å². The summed E-state index contributed by atoms with van der Waals surface area (Å²) in [4.78, 5) is 10.9. The Morgan fingerprint density at radius 3 is 1.33 bits per heavy atom. The van der Waals surface area contributed by atoms with Gasteiger partial charge in [0, 0.05) is 6.42 Å². The molecular formula is C19H42O2. The van der Waals surface area contributed by atoms with Crippen LogP contribution in [-0.2, 0) is 9.53 Å². The lowest BCUT2D eigenvalue weighted by Gasteiger charge is -2.03. The zero-order chi connectivity index (χ0) is 14.2. The van der Waals surface area contributed by atoms with Crippen molar-refractivity contribution >= 4 is 5.97 Å². The molecule has 2 heteroatoms. The molecule has 0 aromatic carbocycles. The largest absolute Gasteiger partial charge is 0.469 e. The Hall–Kier alpha value is -0.530. The first-order valence-electron chi connectivity index (χ1n) is 8.38. The normalized spacial score (nSPS) is 9.62. The van der Waals surface area contributed by atoms with E-state index in [-0.39, 0.29) is 20.8 Å². The van der Waals surface area contributed by atoms with Gasteiger partial charge < -0.3 is 4.74 Å². The van der Waals surface area contributed by atoms with E-state index in [0.717, 1.165) is 6.42 Å². The van der Waals surface area contributed by atoms with Gasteiger partial charge in [-0.05, 0) is 6.42 Å². The molecule has 0 rings (SSSR count). The highest BCUT2D eigenvalue weighted by atomic mass is 16.5. The molecule has 0 aliphatic heterocycles. The fraction of sp³-hybridized carbons (Fsp3) is 0.947. The molecule has 0 radical (unpaired) electrons. The quantitative estimate of drug-likeness (QED) is 0.257. The fourth-order valence-electron chi connectivity index (χ4n) is 2.39. The molecule has 0 aromatic heterocycles. The van der Waals surface area contributed by atoms with Gasteiger partial charge in [0.25, 0.3) is 0 Å². The minimum absolute atomic E-state index is 0. The van der Waals surface area contributed by atoms with E-state index in [1.807, 2.05) is 0 Å². The molecule has 0 saturated carbocycles. The fourth-order valence-corrected chi connectivity index (χ4v) is 2.39. The van der Waals surface area contributed by atoms with Crippen LogP contribution in [0.3, 0.4) is 0 Å². The first-order valence-corrected chi connectivity index (χ1v) is 8.38. The lowest BCUT2D eigenvalue weighted by atomic mass is 10.0. The molecular weight excluding hydrogens is 260 g/mol. The van der Waals surface area contributed by atoms with Crippen LogP contribution in [0.25, 0.3) is 0 Å². The number of hydrogen-bond acceptors (Lipinski definition) is 2. The second kappa shape index (κ2) is 21.8. The number of carbonyl (C=O) groups is 1. The van der Waals surface area contributed by atoms with Gasteiger partial charge in [-0.1, -0.05) is 98.8 Å². The van der Waals surface area contributed by atoms with Crippen LogP contribution in [0.1, 0.15) is 112 Å². The van der Waals surface area contributed by atoms with E-state index in [4.69, 9.17) is 0 Å². The highest BCUT2D eigenvalue weighted by Crippen LogP contribution is 2.12. The molecule has 0 amide bonds. The Labute approximate surface area is 135 Å². The van der Waals surface area contributed by atoms with Crippen molar-refractivity contribution in [1.82, 2.24) is 0 Å². The van der Waals surface area contributed by atoms with Crippen LogP contribution in [-0.4, -0.2) is 13.1 Å². The van der Waals surface area contributed by atoms with Crippen molar-refractivity contribution in [1.29, 1.82) is 0 Å². The standard InChI is InChI=1S/C17H34O2.2CH4/c1-3-4-5-6-7-8-9-10-11-12-13-14-15-16-17(18)19-2;;/h3-16H2,1-2H3;2*1H4. The van der Waals surface area contributed by atoms with Crippen molar-refractivity contribution < 1.29 is 9.53 Å². The van der Waals surface area contributed by atoms with Gasteiger partial charge in [-0.25, -0.2) is 0 Å². The number of methoxy groups -OCH3 is 1. The highest BCUT2D eigenvalue weighted by Gasteiger charge is 1.99. The third-order valence-corrected chi connectivity index (χ3v) is 3.71. The number of unbranched alkanes of at least 4 members (excludes halogenated alkanes) is 12. The molecule has 0 aliphatic rings. The third-order valence-electron chi connectivity index (χ3n) is 3.71. The molecule has 0 N–H and O–H groups in total. The van der Waals surface area contributed by atoms with Gasteiger partial charge in [0.1, 0.15) is 0 Å². The molecule has 0 unspecified atom stereocenters. The number of rotatable bonds is 14. The zero-order valence-electron chi connectivity index (χ0n) is 13.2. The Kier molecular flexibility index (Phi) is 26.3. The summed E-state index contributed by atoms with van der Waals surface area (Å²) in [6.45, 7) is 2.27. The predicted octanol–water partition coefficient (Wildman–Crippen LogP) is 6.91. The zero-order valence-corrected chi connectivity index (χ0v) is 13.2. The minimum Gasteiger partial charge on any atom is -0.469 e. The SMILES string of the molecule is C.C.CCCCCCCCCCCCCCCC(=O)OC. The number of ether oxygens (including phenoxy) is 1. The van der Waals surface area contributed by atoms with Crippen molar-refractivity contribution in [3.05, 3.63) is 0 Å². The van der Waals surface area contributed by atoms with E-state index in [1.54, 1.807) is 0 Å². The van der Waals surface area contributed by atoms with Crippen LogP contribution in [0.4, 0.5) is 0 Å². The maximum absolute atomic E-state index is 10.9. The van der Waals surface area contributed by atoms with Crippen LogP contribution in [0.5, 0.6) is 0 Å². The van der Waals surface area contributed by atoms with Crippen LogP contribution in [0, 0.1) is 0 Å². The molecule has 0 aromatic rings. The highest BCUT2D eigenvalue weighted by molar-refractivity contribution is 5.68. The second-order valence-corrected chi connectivity index (χ2v) is 5.57. The Morgan fingerprint density at radius 2 is 1.00 bits per heavy atom. The molecule has 2 nitrogen and oxygen atoms in total. The lowest BCUT2D eigenvalue weighted by Crippen LogP contribution is -1.99. The van der Waals surface area contributed by atoms with Crippen molar-refractivity contribution in [2.24, 2.45) is 0 Å². The number of carbonyl (C=O) groups excluding carboxylic acids is 1. The molecule has 0 saturated heterocycles. The van der Waals surface area contributed by atoms with E-state index in [9.17, 15) is 4.79 Å². The molecule has 0 fully saturated rings. The van der Waals surface area contributed by atoms with Crippen molar-refractivity contribution in [2.75, 3.05) is 7.11 Å². The molecule has 0 heterocycles. The van der Waals surface area contributed by atoms with E-state index < -0.39 is 0 Å². The summed E-state index contributed by atoms with van der Waals surface area (Å²) in [5, 5.41) is 0. The predicted molar refractivity (Wildman–Crippen MR) is 95.8 cm³/mol. The van der Waals surface area contributed by atoms with E-state index >= 15 is 0 Å². The molecule has 0 bridgehead atoms. The summed E-state index contributed by atoms with van der Waals surface area (Å²) in [6, 6.07) is 0. The Bertz CT molecular complexity index is 190. The summed E-state index contributed by atoms with van der Waals surface area (Å²) in [5.74, 6) is -0.0666. The maximum Gasteiger partial charge on any atom is 0.305 e. The van der Waals surface area contributed by atoms with Crippen LogP contribution in [0.2, 0.25) is 0 Å². The van der Waals surface area contributed by atoms with E-state index in [2.05, 4.69) is 11.7 Å². The van der Waals surface area contributed by atoms with Gasteiger partial charge in [0.2, 0.25) is 0 Å². The van der Waals surface area contributed by atoms with Gasteiger partial charge in [-0.2, -0.15) is 0 Å². The van der Waals surface area contributed by atoms with Crippen LogP contribution in [0.15, 0.2) is 0 Å². The van der Waals surface area contributed by atoms with Gasteiger partial charge in [0.15, 0.2) is 0 Å². The average Bonchev–Trinajstić information content (AvgIpc) is 2.43. The summed E-state index contributed by atoms with van der Waals surface area (Å²) >= 11 is 0. The monoisotopic (exact) mass is 302 g/mol. The summed E-state index contributed by atoms with van der Waals surface area (Å²) in [5.41, 5.74) is 0. The Morgan fingerprint density at radius 1 is 0.667 bits per heavy atom. The molecule has 0 aliphatic carbocycles. The smallest absolute Gasteiger partial charge is 0.305 e. The summed E-state index contributed by atoms with van der Waals surface area (Å²) < 4.78 is 4.62. The van der Waals surface area contributed by atoms with E-state index in [0.29, 0.717) is 6.42 Å². The third kappa shape index (κ3) is 21.9. The van der Waals surface area contributed by atoms with E-state index in [1.165, 1.54) is 84.2 Å². The van der Waals surface area contributed by atoms with Gasteiger partial charge in [-0.15, -0.1) is 0 Å². The van der Waals surface area contributed by atoms with Gasteiger partial charge in [-0.3, -0.25) is 4.79 Å². The topological polar surface area (TPSA) is 26.3 Å². The van der Waals surface area contributed by atoms with Crippen LogP contribution >= 0.6 is 0 Å². The number of esters is 1. The Balaban J connectivity index is -0.00000162. The van der Waals surface area contributed by atoms with Crippen molar-refractivity contribution in [3.63, 3.8) is 0 Å². The van der Waals surface area contributed by atoms with Gasteiger partial charge >= 0.3 is 5.97 Å². The van der Waals surface area contributed by atoms with Gasteiger partial charge in [0.05, 0.1) is 7.11 Å². The van der Waals surface area contributed by atoms with Crippen molar-refractivity contribution in [2.45, 2.75) is 112 Å². The first-order chi connectivity index (χ1) is 9.31. The molecule has 21 heavy (non-hydrogen) atoms. The summed E-state index contributed by atoms with van der Waals surface area (Å²) in [7, 11) is 1.46.